The number of carbonyl (C=O) groups is 1. The van der Waals surface area contributed by atoms with Gasteiger partial charge < -0.3 is 4.74 Å². The summed E-state index contributed by atoms with van der Waals surface area (Å²) in [5.74, 6) is 0.415. The Labute approximate surface area is 133 Å². The normalized spacial score (nSPS) is 13.4. The summed E-state index contributed by atoms with van der Waals surface area (Å²) >= 11 is 0. The SMILES string of the molecule is COc1ccc(C2=C(C=O)CCc3ccccc32)c([N+](=O)[O-])c1. The summed E-state index contributed by atoms with van der Waals surface area (Å²) in [5, 5.41) is 11.5. The lowest BCUT2D eigenvalue weighted by Gasteiger charge is -2.21. The van der Waals surface area contributed by atoms with Crippen molar-refractivity contribution in [2.24, 2.45) is 0 Å². The fourth-order valence-corrected chi connectivity index (χ4v) is 2.99. The summed E-state index contributed by atoms with van der Waals surface area (Å²) in [6.45, 7) is 0. The monoisotopic (exact) mass is 309 g/mol. The van der Waals surface area contributed by atoms with Crippen molar-refractivity contribution >= 4 is 17.5 Å². The first kappa shape index (κ1) is 15.0. The molecule has 0 aromatic heterocycles. The fourth-order valence-electron chi connectivity index (χ4n) is 2.99. The zero-order valence-electron chi connectivity index (χ0n) is 12.6. The van der Waals surface area contributed by atoms with E-state index in [9.17, 15) is 14.9 Å². The first-order valence-corrected chi connectivity index (χ1v) is 7.25. The molecule has 0 aliphatic heterocycles. The minimum atomic E-state index is -0.440. The van der Waals surface area contributed by atoms with E-state index < -0.39 is 4.92 Å². The highest BCUT2D eigenvalue weighted by Gasteiger charge is 2.26. The van der Waals surface area contributed by atoms with Gasteiger partial charge in [0.1, 0.15) is 12.0 Å². The highest BCUT2D eigenvalue weighted by molar-refractivity contribution is 5.98. The molecule has 1 aliphatic carbocycles. The van der Waals surface area contributed by atoms with Crippen LogP contribution in [0.15, 0.2) is 48.0 Å². The molecule has 0 atom stereocenters. The van der Waals surface area contributed by atoms with Crippen LogP contribution in [0.25, 0.3) is 5.57 Å². The zero-order valence-corrected chi connectivity index (χ0v) is 12.6. The number of hydrogen-bond acceptors (Lipinski definition) is 4. The summed E-state index contributed by atoms with van der Waals surface area (Å²) in [5.41, 5.74) is 3.61. The van der Waals surface area contributed by atoms with Gasteiger partial charge in [-0.25, -0.2) is 0 Å². The van der Waals surface area contributed by atoms with Crippen LogP contribution in [0.2, 0.25) is 0 Å². The van der Waals surface area contributed by atoms with Gasteiger partial charge in [-0.3, -0.25) is 14.9 Å². The molecule has 5 nitrogen and oxygen atoms in total. The summed E-state index contributed by atoms with van der Waals surface area (Å²) in [6.07, 6.45) is 2.15. The number of benzene rings is 2. The fraction of sp³-hybridized carbons (Fsp3) is 0.167. The molecule has 0 unspecified atom stereocenters. The van der Waals surface area contributed by atoms with E-state index in [1.54, 1.807) is 12.1 Å². The summed E-state index contributed by atoms with van der Waals surface area (Å²) in [6, 6.07) is 12.4. The van der Waals surface area contributed by atoms with Crippen LogP contribution in [0.1, 0.15) is 23.1 Å². The number of nitro groups is 1. The van der Waals surface area contributed by atoms with Crippen LogP contribution in [-0.2, 0) is 11.2 Å². The average Bonchev–Trinajstić information content (AvgIpc) is 2.60. The largest absolute Gasteiger partial charge is 0.497 e. The van der Waals surface area contributed by atoms with Crippen molar-refractivity contribution in [3.8, 4) is 5.75 Å². The van der Waals surface area contributed by atoms with E-state index in [1.165, 1.54) is 13.2 Å². The molecule has 1 aliphatic rings. The molecule has 0 heterocycles. The number of aryl methyl sites for hydroxylation is 1. The van der Waals surface area contributed by atoms with Crippen molar-refractivity contribution in [1.82, 2.24) is 0 Å². The van der Waals surface area contributed by atoms with E-state index in [2.05, 4.69) is 0 Å². The minimum absolute atomic E-state index is 0.0598. The number of ether oxygens (including phenoxy) is 1. The van der Waals surface area contributed by atoms with Gasteiger partial charge in [0.25, 0.3) is 5.69 Å². The van der Waals surface area contributed by atoms with Gasteiger partial charge in [0.05, 0.1) is 23.7 Å². The molecule has 116 valence electrons. The van der Waals surface area contributed by atoms with E-state index in [0.717, 1.165) is 23.8 Å². The Balaban J connectivity index is 2.29. The zero-order chi connectivity index (χ0) is 16.4. The summed E-state index contributed by atoms with van der Waals surface area (Å²) in [7, 11) is 1.46. The Kier molecular flexibility index (Phi) is 3.93. The maximum Gasteiger partial charge on any atom is 0.280 e. The number of aldehydes is 1. The molecule has 5 heteroatoms. The molecule has 0 saturated carbocycles. The number of carbonyl (C=O) groups excluding carboxylic acids is 1. The number of fused-ring (bicyclic) bond motifs is 1. The third-order valence-electron chi connectivity index (χ3n) is 4.08. The molecule has 23 heavy (non-hydrogen) atoms. The standard InChI is InChI=1S/C18H15NO4/c1-23-14-8-9-16(17(10-14)19(21)22)18-13(11-20)7-6-12-4-2-3-5-15(12)18/h2-5,8-11H,6-7H2,1H3. The van der Waals surface area contributed by atoms with E-state index >= 15 is 0 Å². The van der Waals surface area contributed by atoms with Crippen LogP contribution in [0.4, 0.5) is 5.69 Å². The van der Waals surface area contributed by atoms with Gasteiger partial charge >= 0.3 is 0 Å². The topological polar surface area (TPSA) is 69.4 Å². The van der Waals surface area contributed by atoms with Gasteiger partial charge in [0.2, 0.25) is 0 Å². The third-order valence-corrected chi connectivity index (χ3v) is 4.08. The Morgan fingerprint density at radius 1 is 1.13 bits per heavy atom. The first-order chi connectivity index (χ1) is 11.2. The molecule has 0 amide bonds. The van der Waals surface area contributed by atoms with E-state index in [0.29, 0.717) is 28.9 Å². The number of nitrogens with zero attached hydrogens (tertiary/aromatic N) is 1. The minimum Gasteiger partial charge on any atom is -0.497 e. The van der Waals surface area contributed by atoms with Gasteiger partial charge in [-0.2, -0.15) is 0 Å². The molecule has 2 aromatic rings. The van der Waals surface area contributed by atoms with Crippen molar-refractivity contribution in [3.05, 3.63) is 74.8 Å². The molecule has 0 bridgehead atoms. The van der Waals surface area contributed by atoms with Gasteiger partial charge in [-0.15, -0.1) is 0 Å². The predicted molar refractivity (Wildman–Crippen MR) is 86.5 cm³/mol. The van der Waals surface area contributed by atoms with E-state index in [1.807, 2.05) is 24.3 Å². The highest BCUT2D eigenvalue weighted by Crippen LogP contribution is 2.40. The second-order valence-electron chi connectivity index (χ2n) is 5.32. The average molecular weight is 309 g/mol. The molecule has 2 aromatic carbocycles. The Bertz CT molecular complexity index is 824. The molecule has 0 N–H and O–H groups in total. The van der Waals surface area contributed by atoms with Crippen molar-refractivity contribution < 1.29 is 14.5 Å². The smallest absolute Gasteiger partial charge is 0.280 e. The highest BCUT2D eigenvalue weighted by atomic mass is 16.6. The number of rotatable bonds is 4. The molecule has 0 fully saturated rings. The van der Waals surface area contributed by atoms with Crippen molar-refractivity contribution in [1.29, 1.82) is 0 Å². The van der Waals surface area contributed by atoms with Crippen LogP contribution >= 0.6 is 0 Å². The molecule has 3 rings (SSSR count). The maximum atomic E-state index is 11.5. The Morgan fingerprint density at radius 3 is 2.61 bits per heavy atom. The quantitative estimate of drug-likeness (QED) is 0.492. The van der Waals surface area contributed by atoms with Crippen LogP contribution < -0.4 is 4.74 Å². The van der Waals surface area contributed by atoms with Crippen molar-refractivity contribution in [3.63, 3.8) is 0 Å². The molecule has 0 spiro atoms. The van der Waals surface area contributed by atoms with E-state index in [-0.39, 0.29) is 5.69 Å². The van der Waals surface area contributed by atoms with Gasteiger partial charge in [-0.05, 0) is 36.1 Å². The summed E-state index contributed by atoms with van der Waals surface area (Å²) < 4.78 is 5.08. The van der Waals surface area contributed by atoms with Crippen LogP contribution in [0.3, 0.4) is 0 Å². The lowest BCUT2D eigenvalue weighted by atomic mass is 9.82. The van der Waals surface area contributed by atoms with Gasteiger partial charge in [-0.1, -0.05) is 24.3 Å². The van der Waals surface area contributed by atoms with Crippen LogP contribution in [-0.4, -0.2) is 18.3 Å². The summed E-state index contributed by atoms with van der Waals surface area (Å²) in [4.78, 5) is 22.5. The number of allylic oxidation sites excluding steroid dienone is 1. The number of hydrogen-bond donors (Lipinski definition) is 0. The molecular formula is C18H15NO4. The lowest BCUT2D eigenvalue weighted by Crippen LogP contribution is -2.08. The van der Waals surface area contributed by atoms with Gasteiger partial charge in [0.15, 0.2) is 0 Å². The van der Waals surface area contributed by atoms with E-state index in [4.69, 9.17) is 4.74 Å². The number of nitro benzene ring substituents is 1. The second-order valence-corrected chi connectivity index (χ2v) is 5.32. The molecule has 0 saturated heterocycles. The third kappa shape index (κ3) is 2.61. The Hall–Kier alpha value is -2.95. The predicted octanol–water partition coefficient (Wildman–Crippen LogP) is 3.55. The Morgan fingerprint density at radius 2 is 1.91 bits per heavy atom. The second kappa shape index (κ2) is 6.04. The van der Waals surface area contributed by atoms with Crippen molar-refractivity contribution in [2.45, 2.75) is 12.8 Å². The first-order valence-electron chi connectivity index (χ1n) is 7.25. The lowest BCUT2D eigenvalue weighted by molar-refractivity contribution is -0.385. The van der Waals surface area contributed by atoms with Crippen molar-refractivity contribution in [2.75, 3.05) is 7.11 Å². The number of methoxy groups -OCH3 is 1. The van der Waals surface area contributed by atoms with Crippen LogP contribution in [0, 0.1) is 10.1 Å². The maximum absolute atomic E-state index is 11.5. The van der Waals surface area contributed by atoms with Crippen LogP contribution in [0.5, 0.6) is 5.75 Å². The molecular weight excluding hydrogens is 294 g/mol. The molecule has 0 radical (unpaired) electrons. The van der Waals surface area contributed by atoms with Gasteiger partial charge in [0, 0.05) is 11.1 Å².